The van der Waals surface area contributed by atoms with Crippen molar-refractivity contribution >= 4 is 12.1 Å². The number of fused-ring (bicyclic) bond motifs is 1. The number of amides is 1. The molecule has 0 saturated carbocycles. The molecule has 1 aliphatic rings. The Bertz CT molecular complexity index is 935. The molecule has 0 N–H and O–H groups in total. The Kier molecular flexibility index (Phi) is 3.69. The zero-order valence-corrected chi connectivity index (χ0v) is 14.0. The highest BCUT2D eigenvalue weighted by Gasteiger charge is 2.48. The van der Waals surface area contributed by atoms with E-state index in [1.807, 2.05) is 98.2 Å². The maximum absolute atomic E-state index is 12.8. The summed E-state index contributed by atoms with van der Waals surface area (Å²) in [6.07, 6.45) is 1.85. The maximum atomic E-state index is 12.8. The Morgan fingerprint density at radius 2 is 1.44 bits per heavy atom. The Labute approximate surface area is 147 Å². The first kappa shape index (κ1) is 15.3. The molecule has 1 atom stereocenters. The van der Waals surface area contributed by atoms with E-state index in [9.17, 15) is 4.79 Å². The molecule has 0 aliphatic carbocycles. The van der Waals surface area contributed by atoms with Crippen molar-refractivity contribution < 1.29 is 4.79 Å². The molecule has 3 nitrogen and oxygen atoms in total. The average Bonchev–Trinajstić information content (AvgIpc) is 2.90. The van der Waals surface area contributed by atoms with E-state index in [2.05, 4.69) is 0 Å². The molecule has 0 saturated heterocycles. The second-order valence-corrected chi connectivity index (χ2v) is 6.12. The summed E-state index contributed by atoms with van der Waals surface area (Å²) in [5.74, 6) is -0.00957. The Hall–Kier alpha value is -3.20. The highest BCUT2D eigenvalue weighted by Crippen LogP contribution is 2.44. The summed E-state index contributed by atoms with van der Waals surface area (Å²) in [5, 5.41) is 0. The van der Waals surface area contributed by atoms with Crippen LogP contribution in [0.1, 0.15) is 27.0 Å². The van der Waals surface area contributed by atoms with Crippen molar-refractivity contribution in [2.75, 3.05) is 7.05 Å². The van der Waals surface area contributed by atoms with Gasteiger partial charge < -0.3 is 4.90 Å². The monoisotopic (exact) mass is 326 g/mol. The normalized spacial score (nSPS) is 19.4. The lowest BCUT2D eigenvalue weighted by Crippen LogP contribution is -2.40. The zero-order chi connectivity index (χ0) is 17.3. The number of nitrogens with zero attached hydrogens (tertiary/aromatic N) is 2. The first-order chi connectivity index (χ1) is 12.2. The first-order valence-electron chi connectivity index (χ1n) is 8.27. The smallest absolute Gasteiger partial charge is 0.256 e. The number of hydrogen-bond acceptors (Lipinski definition) is 2. The summed E-state index contributed by atoms with van der Waals surface area (Å²) in [7, 11) is 1.82. The van der Waals surface area contributed by atoms with Crippen molar-refractivity contribution in [1.29, 1.82) is 0 Å². The molecular formula is C22H18N2O. The maximum Gasteiger partial charge on any atom is 0.256 e. The summed E-state index contributed by atoms with van der Waals surface area (Å²) in [5.41, 5.74) is 2.76. The van der Waals surface area contributed by atoms with Crippen LogP contribution in [-0.2, 0) is 5.66 Å². The quantitative estimate of drug-likeness (QED) is 0.667. The number of carbonyl (C=O) groups is 1. The van der Waals surface area contributed by atoms with Crippen LogP contribution in [0.5, 0.6) is 0 Å². The van der Waals surface area contributed by atoms with Gasteiger partial charge in [-0.15, -0.1) is 0 Å². The molecule has 25 heavy (non-hydrogen) atoms. The van der Waals surface area contributed by atoms with Crippen LogP contribution in [-0.4, -0.2) is 24.1 Å². The standard InChI is InChI=1S/C22H18N2O/c1-24-21(25)19-14-8-9-15-20(19)22(24,18-12-6-3-7-13-18)23-16-17-10-4-2-5-11-17/h2-16H,1H3/b23-16+. The van der Waals surface area contributed by atoms with Gasteiger partial charge in [0.2, 0.25) is 0 Å². The molecule has 3 heteroatoms. The molecule has 0 spiro atoms. The van der Waals surface area contributed by atoms with Crippen LogP contribution in [0.2, 0.25) is 0 Å². The zero-order valence-electron chi connectivity index (χ0n) is 14.0. The van der Waals surface area contributed by atoms with Crippen LogP contribution < -0.4 is 0 Å². The molecule has 1 heterocycles. The number of benzene rings is 3. The number of rotatable bonds is 3. The third-order valence-electron chi connectivity index (χ3n) is 4.70. The van der Waals surface area contributed by atoms with E-state index in [4.69, 9.17) is 4.99 Å². The fourth-order valence-electron chi connectivity index (χ4n) is 3.44. The van der Waals surface area contributed by atoms with Crippen molar-refractivity contribution in [3.63, 3.8) is 0 Å². The minimum atomic E-state index is -0.842. The number of carbonyl (C=O) groups excluding carboxylic acids is 1. The van der Waals surface area contributed by atoms with Gasteiger partial charge in [0, 0.05) is 30.0 Å². The predicted molar refractivity (Wildman–Crippen MR) is 99.8 cm³/mol. The highest BCUT2D eigenvalue weighted by molar-refractivity contribution is 6.01. The number of aliphatic imine (C=N–C) groups is 1. The molecule has 3 aromatic rings. The van der Waals surface area contributed by atoms with Gasteiger partial charge in [-0.1, -0.05) is 78.9 Å². The molecule has 1 unspecified atom stereocenters. The SMILES string of the molecule is CN1C(=O)c2ccccc2C1(/N=C/c1ccccc1)c1ccccc1. The third-order valence-corrected chi connectivity index (χ3v) is 4.70. The molecule has 122 valence electrons. The summed E-state index contributed by atoms with van der Waals surface area (Å²) >= 11 is 0. The molecule has 0 aromatic heterocycles. The Morgan fingerprint density at radius 1 is 0.840 bits per heavy atom. The lowest BCUT2D eigenvalue weighted by atomic mass is 9.91. The Balaban J connectivity index is 1.95. The van der Waals surface area contributed by atoms with Crippen molar-refractivity contribution in [1.82, 2.24) is 4.90 Å². The van der Waals surface area contributed by atoms with Crippen LogP contribution in [0.4, 0.5) is 0 Å². The van der Waals surface area contributed by atoms with Gasteiger partial charge >= 0.3 is 0 Å². The fraction of sp³-hybridized carbons (Fsp3) is 0.0909. The highest BCUT2D eigenvalue weighted by atomic mass is 16.2. The van der Waals surface area contributed by atoms with Crippen molar-refractivity contribution in [3.8, 4) is 0 Å². The lowest BCUT2D eigenvalue weighted by molar-refractivity contribution is 0.0706. The average molecular weight is 326 g/mol. The van der Waals surface area contributed by atoms with Crippen LogP contribution in [0, 0.1) is 0 Å². The van der Waals surface area contributed by atoms with Gasteiger partial charge in [-0.25, -0.2) is 0 Å². The van der Waals surface area contributed by atoms with E-state index >= 15 is 0 Å². The predicted octanol–water partition coefficient (Wildman–Crippen LogP) is 4.09. The molecule has 0 radical (unpaired) electrons. The van der Waals surface area contributed by atoms with Gasteiger partial charge in [0.15, 0.2) is 5.66 Å². The van der Waals surface area contributed by atoms with E-state index in [-0.39, 0.29) is 5.91 Å². The molecule has 1 aliphatic heterocycles. The van der Waals surface area contributed by atoms with E-state index < -0.39 is 5.66 Å². The first-order valence-corrected chi connectivity index (χ1v) is 8.27. The number of hydrogen-bond donors (Lipinski definition) is 0. The van der Waals surface area contributed by atoms with Crippen LogP contribution in [0.25, 0.3) is 0 Å². The second kappa shape index (κ2) is 6.02. The van der Waals surface area contributed by atoms with Gasteiger partial charge in [0.1, 0.15) is 0 Å². The van der Waals surface area contributed by atoms with E-state index in [1.54, 1.807) is 4.90 Å². The van der Waals surface area contributed by atoms with E-state index in [1.165, 1.54) is 0 Å². The van der Waals surface area contributed by atoms with Crippen LogP contribution >= 0.6 is 0 Å². The van der Waals surface area contributed by atoms with Crippen molar-refractivity contribution in [2.24, 2.45) is 4.99 Å². The van der Waals surface area contributed by atoms with Crippen LogP contribution in [0.15, 0.2) is 89.9 Å². The molecule has 3 aromatic carbocycles. The second-order valence-electron chi connectivity index (χ2n) is 6.12. The van der Waals surface area contributed by atoms with Gasteiger partial charge in [-0.2, -0.15) is 0 Å². The largest absolute Gasteiger partial charge is 0.309 e. The summed E-state index contributed by atoms with van der Waals surface area (Å²) in [6.45, 7) is 0. The van der Waals surface area contributed by atoms with Gasteiger partial charge in [0.25, 0.3) is 5.91 Å². The minimum absolute atomic E-state index is 0.00957. The Morgan fingerprint density at radius 3 is 2.16 bits per heavy atom. The third kappa shape index (κ3) is 2.36. The summed E-state index contributed by atoms with van der Waals surface area (Å²) < 4.78 is 0. The van der Waals surface area contributed by atoms with E-state index in [0.29, 0.717) is 5.56 Å². The summed E-state index contributed by atoms with van der Waals surface area (Å²) in [6, 6.07) is 27.6. The molecule has 4 rings (SSSR count). The molecular weight excluding hydrogens is 308 g/mol. The van der Waals surface area contributed by atoms with Gasteiger partial charge in [-0.05, 0) is 11.6 Å². The fourth-order valence-corrected chi connectivity index (χ4v) is 3.44. The lowest BCUT2D eigenvalue weighted by Gasteiger charge is -2.33. The van der Waals surface area contributed by atoms with E-state index in [0.717, 1.165) is 16.7 Å². The van der Waals surface area contributed by atoms with Gasteiger partial charge in [-0.3, -0.25) is 9.79 Å². The van der Waals surface area contributed by atoms with Crippen molar-refractivity contribution in [3.05, 3.63) is 107 Å². The van der Waals surface area contributed by atoms with Gasteiger partial charge in [0.05, 0.1) is 0 Å². The van der Waals surface area contributed by atoms with Crippen molar-refractivity contribution in [2.45, 2.75) is 5.66 Å². The topological polar surface area (TPSA) is 32.7 Å². The summed E-state index contributed by atoms with van der Waals surface area (Å²) in [4.78, 5) is 19.5. The molecule has 1 amide bonds. The van der Waals surface area contributed by atoms with Crippen LogP contribution in [0.3, 0.4) is 0 Å². The molecule has 0 fully saturated rings. The minimum Gasteiger partial charge on any atom is -0.309 e. The molecule has 0 bridgehead atoms.